The van der Waals surface area contributed by atoms with Crippen LogP contribution >= 0.6 is 24.0 Å². The quantitative estimate of drug-likeness (QED) is 0.251. The van der Waals surface area contributed by atoms with Crippen LogP contribution in [0.25, 0.3) is 0 Å². The Labute approximate surface area is 166 Å². The van der Waals surface area contributed by atoms with Gasteiger partial charge < -0.3 is 15.0 Å². The second kappa shape index (κ2) is 13.0. The Morgan fingerprint density at radius 2 is 1.80 bits per heavy atom. The molecule has 1 N–H and O–H groups in total. The molecular weight excluding hydrogens is 448 g/mol. The topological polar surface area (TPSA) is 40.1 Å². The first-order valence-electron chi connectivity index (χ1n) is 8.73. The SMILES string of the molecule is CCNC(=NCCCCCOC)N1CCN(C(C)C(F)(F)F)CC1.I. The standard InChI is InChI=1S/C16H31F3N4O.HI/c1-4-20-15(21-8-6-5-7-13-24-3)23-11-9-22(10-12-23)14(2)16(17,18)19;/h14H,4-13H2,1-3H3,(H,20,21);1H. The molecule has 150 valence electrons. The monoisotopic (exact) mass is 480 g/mol. The number of guanidine groups is 1. The number of hydrogen-bond donors (Lipinski definition) is 1. The van der Waals surface area contributed by atoms with Gasteiger partial charge in [0.1, 0.15) is 6.04 Å². The normalized spacial score (nSPS) is 18.0. The molecule has 1 atom stereocenters. The molecule has 0 aromatic rings. The van der Waals surface area contributed by atoms with E-state index in [9.17, 15) is 13.2 Å². The summed E-state index contributed by atoms with van der Waals surface area (Å²) in [6.07, 6.45) is -1.09. The van der Waals surface area contributed by atoms with Crippen LogP contribution in [0.3, 0.4) is 0 Å². The zero-order chi connectivity index (χ0) is 18.0. The van der Waals surface area contributed by atoms with E-state index in [0.29, 0.717) is 26.2 Å². The molecule has 5 nitrogen and oxygen atoms in total. The van der Waals surface area contributed by atoms with Crippen LogP contribution in [-0.4, -0.2) is 81.0 Å². The summed E-state index contributed by atoms with van der Waals surface area (Å²) < 4.78 is 43.4. The Hall–Kier alpha value is -0.290. The van der Waals surface area contributed by atoms with E-state index in [1.807, 2.05) is 6.92 Å². The molecular formula is C16H32F3IN4O. The van der Waals surface area contributed by atoms with E-state index in [2.05, 4.69) is 15.2 Å². The summed E-state index contributed by atoms with van der Waals surface area (Å²) in [5, 5.41) is 3.24. The first-order chi connectivity index (χ1) is 11.4. The van der Waals surface area contributed by atoms with Gasteiger partial charge in [0.15, 0.2) is 5.96 Å². The summed E-state index contributed by atoms with van der Waals surface area (Å²) in [6, 6.07) is -1.39. The maximum atomic E-state index is 12.8. The molecule has 1 aliphatic heterocycles. The lowest BCUT2D eigenvalue weighted by Crippen LogP contribution is -2.56. The average Bonchev–Trinajstić information content (AvgIpc) is 2.55. The van der Waals surface area contributed by atoms with E-state index in [1.54, 1.807) is 7.11 Å². The molecule has 0 aliphatic carbocycles. The third kappa shape index (κ3) is 9.28. The Morgan fingerprint density at radius 1 is 1.16 bits per heavy atom. The highest BCUT2D eigenvalue weighted by Crippen LogP contribution is 2.25. The number of alkyl halides is 3. The molecule has 1 aliphatic rings. The molecule has 1 unspecified atom stereocenters. The number of hydrogen-bond acceptors (Lipinski definition) is 3. The van der Waals surface area contributed by atoms with Gasteiger partial charge >= 0.3 is 6.18 Å². The minimum atomic E-state index is -4.16. The predicted molar refractivity (Wildman–Crippen MR) is 106 cm³/mol. The van der Waals surface area contributed by atoms with Gasteiger partial charge in [-0.1, -0.05) is 0 Å². The average molecular weight is 480 g/mol. The highest BCUT2D eigenvalue weighted by molar-refractivity contribution is 14.0. The number of piperazine rings is 1. The van der Waals surface area contributed by atoms with Crippen LogP contribution in [0.2, 0.25) is 0 Å². The van der Waals surface area contributed by atoms with Crippen LogP contribution in [0.5, 0.6) is 0 Å². The number of rotatable bonds is 8. The lowest BCUT2D eigenvalue weighted by Gasteiger charge is -2.39. The molecule has 0 radical (unpaired) electrons. The van der Waals surface area contributed by atoms with E-state index in [-0.39, 0.29) is 24.0 Å². The van der Waals surface area contributed by atoms with Crippen molar-refractivity contribution >= 4 is 29.9 Å². The number of unbranched alkanes of at least 4 members (excludes halogenated alkanes) is 2. The molecule has 0 bridgehead atoms. The zero-order valence-electron chi connectivity index (χ0n) is 15.4. The number of halogens is 4. The van der Waals surface area contributed by atoms with Crippen LogP contribution in [-0.2, 0) is 4.74 Å². The Morgan fingerprint density at radius 3 is 2.32 bits per heavy atom. The molecule has 9 heteroatoms. The van der Waals surface area contributed by atoms with E-state index >= 15 is 0 Å². The van der Waals surface area contributed by atoms with Gasteiger partial charge in [0.2, 0.25) is 0 Å². The Kier molecular flexibility index (Phi) is 12.8. The molecule has 1 rings (SSSR count). The predicted octanol–water partition coefficient (Wildman–Crippen LogP) is 2.96. The van der Waals surface area contributed by atoms with Crippen molar-refractivity contribution < 1.29 is 17.9 Å². The van der Waals surface area contributed by atoms with Gasteiger partial charge in [-0.3, -0.25) is 9.89 Å². The van der Waals surface area contributed by atoms with Gasteiger partial charge in [0.05, 0.1) is 0 Å². The van der Waals surface area contributed by atoms with E-state index in [4.69, 9.17) is 4.74 Å². The molecule has 1 saturated heterocycles. The van der Waals surface area contributed by atoms with Crippen molar-refractivity contribution in [3.8, 4) is 0 Å². The maximum absolute atomic E-state index is 12.8. The van der Waals surface area contributed by atoms with Crippen LogP contribution in [0.15, 0.2) is 4.99 Å². The van der Waals surface area contributed by atoms with Crippen molar-refractivity contribution in [3.63, 3.8) is 0 Å². The molecule has 25 heavy (non-hydrogen) atoms. The lowest BCUT2D eigenvalue weighted by molar-refractivity contribution is -0.181. The van der Waals surface area contributed by atoms with Crippen molar-refractivity contribution in [2.75, 3.05) is 53.0 Å². The van der Waals surface area contributed by atoms with Crippen molar-refractivity contribution in [2.24, 2.45) is 4.99 Å². The van der Waals surface area contributed by atoms with Crippen molar-refractivity contribution in [2.45, 2.75) is 45.3 Å². The number of ether oxygens (including phenoxy) is 1. The van der Waals surface area contributed by atoms with Crippen molar-refractivity contribution in [1.29, 1.82) is 0 Å². The van der Waals surface area contributed by atoms with Crippen LogP contribution in [0.1, 0.15) is 33.1 Å². The Bertz CT molecular complexity index is 375. The first-order valence-corrected chi connectivity index (χ1v) is 8.73. The van der Waals surface area contributed by atoms with Gasteiger partial charge in [-0.25, -0.2) is 0 Å². The number of methoxy groups -OCH3 is 1. The van der Waals surface area contributed by atoms with Crippen molar-refractivity contribution in [3.05, 3.63) is 0 Å². The van der Waals surface area contributed by atoms with E-state index in [1.165, 1.54) is 11.8 Å². The van der Waals surface area contributed by atoms with Crippen LogP contribution in [0, 0.1) is 0 Å². The summed E-state index contributed by atoms with van der Waals surface area (Å²) in [5.74, 6) is 0.809. The fourth-order valence-electron chi connectivity index (χ4n) is 2.67. The summed E-state index contributed by atoms with van der Waals surface area (Å²) >= 11 is 0. The molecule has 0 amide bonds. The number of aliphatic imine (C=N–C) groups is 1. The molecule has 1 heterocycles. The summed E-state index contributed by atoms with van der Waals surface area (Å²) in [5.41, 5.74) is 0. The molecule has 0 spiro atoms. The van der Waals surface area contributed by atoms with Crippen molar-refractivity contribution in [1.82, 2.24) is 15.1 Å². The molecule has 0 saturated carbocycles. The van der Waals surface area contributed by atoms with Crippen LogP contribution in [0.4, 0.5) is 13.2 Å². The lowest BCUT2D eigenvalue weighted by atomic mass is 10.2. The number of nitrogens with one attached hydrogen (secondary N) is 1. The molecule has 0 aromatic heterocycles. The van der Waals surface area contributed by atoms with Gasteiger partial charge in [-0.05, 0) is 33.1 Å². The molecule has 0 aromatic carbocycles. The largest absolute Gasteiger partial charge is 0.403 e. The fourth-order valence-corrected chi connectivity index (χ4v) is 2.67. The highest BCUT2D eigenvalue weighted by Gasteiger charge is 2.41. The van der Waals surface area contributed by atoms with Gasteiger partial charge in [-0.2, -0.15) is 13.2 Å². The van der Waals surface area contributed by atoms with E-state index < -0.39 is 12.2 Å². The molecule has 1 fully saturated rings. The second-order valence-corrected chi connectivity index (χ2v) is 6.03. The zero-order valence-corrected chi connectivity index (χ0v) is 17.8. The smallest absolute Gasteiger partial charge is 0.385 e. The first kappa shape index (κ1) is 24.7. The van der Waals surface area contributed by atoms with E-state index in [0.717, 1.165) is 44.9 Å². The van der Waals surface area contributed by atoms with Crippen LogP contribution < -0.4 is 5.32 Å². The van der Waals surface area contributed by atoms with Gasteiger partial charge in [0, 0.05) is 53.0 Å². The summed E-state index contributed by atoms with van der Waals surface area (Å²) in [4.78, 5) is 8.15. The third-order valence-electron chi connectivity index (χ3n) is 4.24. The number of nitrogens with zero attached hydrogens (tertiary/aromatic N) is 3. The van der Waals surface area contributed by atoms with Gasteiger partial charge in [-0.15, -0.1) is 24.0 Å². The Balaban J connectivity index is 0.00000576. The summed E-state index contributed by atoms with van der Waals surface area (Å²) in [6.45, 7) is 7.41. The highest BCUT2D eigenvalue weighted by atomic mass is 127. The minimum Gasteiger partial charge on any atom is -0.385 e. The fraction of sp³-hybridized carbons (Fsp3) is 0.938. The summed E-state index contributed by atoms with van der Waals surface area (Å²) in [7, 11) is 1.70. The van der Waals surface area contributed by atoms with Gasteiger partial charge in [0.25, 0.3) is 0 Å². The second-order valence-electron chi connectivity index (χ2n) is 6.03. The third-order valence-corrected chi connectivity index (χ3v) is 4.24. The minimum absolute atomic E-state index is 0. The maximum Gasteiger partial charge on any atom is 0.403 e.